The minimum absolute atomic E-state index is 0.115. The van der Waals surface area contributed by atoms with Crippen LogP contribution in [0.1, 0.15) is 10.4 Å². The highest BCUT2D eigenvalue weighted by Crippen LogP contribution is 2.25. The lowest BCUT2D eigenvalue weighted by Gasteiger charge is -2.09. The molecule has 0 aromatic heterocycles. The van der Waals surface area contributed by atoms with E-state index < -0.39 is 18.5 Å². The van der Waals surface area contributed by atoms with E-state index >= 15 is 0 Å². The summed E-state index contributed by atoms with van der Waals surface area (Å²) in [5.41, 5.74) is 0.439. The maximum atomic E-state index is 11.9. The Kier molecular flexibility index (Phi) is 6.13. The van der Waals surface area contributed by atoms with Crippen molar-refractivity contribution in [2.45, 2.75) is 0 Å². The summed E-state index contributed by atoms with van der Waals surface area (Å²) >= 11 is 23.4. The van der Waals surface area contributed by atoms with Crippen LogP contribution in [0.15, 0.2) is 36.4 Å². The molecular formula is C15H9Cl4NO3. The average Bonchev–Trinajstić information content (AvgIpc) is 2.48. The summed E-state index contributed by atoms with van der Waals surface area (Å²) in [4.78, 5) is 23.7. The number of rotatable bonds is 4. The van der Waals surface area contributed by atoms with Gasteiger partial charge in [0.15, 0.2) is 6.61 Å². The molecule has 0 aliphatic heterocycles. The van der Waals surface area contributed by atoms with Gasteiger partial charge >= 0.3 is 5.97 Å². The minimum atomic E-state index is -0.737. The van der Waals surface area contributed by atoms with E-state index in [1.54, 1.807) is 12.1 Å². The number of hydrogen-bond donors (Lipinski definition) is 1. The third kappa shape index (κ3) is 5.01. The van der Waals surface area contributed by atoms with Crippen LogP contribution in [0.4, 0.5) is 5.69 Å². The molecule has 4 nitrogen and oxygen atoms in total. The molecule has 23 heavy (non-hydrogen) atoms. The van der Waals surface area contributed by atoms with Crippen LogP contribution in [-0.4, -0.2) is 18.5 Å². The molecule has 2 aromatic rings. The largest absolute Gasteiger partial charge is 0.452 e. The molecule has 1 N–H and O–H groups in total. The number of halogens is 4. The van der Waals surface area contributed by atoms with E-state index in [1.807, 2.05) is 0 Å². The number of nitrogens with one attached hydrogen (secondary N) is 1. The van der Waals surface area contributed by atoms with Crippen LogP contribution in [0.2, 0.25) is 20.1 Å². The highest BCUT2D eigenvalue weighted by atomic mass is 35.5. The monoisotopic (exact) mass is 391 g/mol. The molecule has 1 amide bonds. The number of esters is 1. The summed E-state index contributed by atoms with van der Waals surface area (Å²) in [5.74, 6) is -1.30. The lowest BCUT2D eigenvalue weighted by atomic mass is 10.2. The number of benzene rings is 2. The molecule has 0 aliphatic carbocycles. The molecule has 120 valence electrons. The molecule has 0 saturated carbocycles. The molecule has 0 spiro atoms. The molecule has 0 aliphatic rings. The minimum Gasteiger partial charge on any atom is -0.452 e. The van der Waals surface area contributed by atoms with Crippen LogP contribution < -0.4 is 5.32 Å². The third-order valence-corrected chi connectivity index (χ3v) is 3.80. The lowest BCUT2D eigenvalue weighted by Crippen LogP contribution is -2.21. The standard InChI is InChI=1S/C15H9Cl4NO3/c16-8-1-3-10(12(19)5-8)15(22)23-7-14(21)20-13-6-9(17)2-4-11(13)18/h1-6H,7H2,(H,20,21). The van der Waals surface area contributed by atoms with Gasteiger partial charge < -0.3 is 10.1 Å². The van der Waals surface area contributed by atoms with Crippen molar-refractivity contribution in [1.29, 1.82) is 0 Å². The Morgan fingerprint density at radius 3 is 2.26 bits per heavy atom. The highest BCUT2D eigenvalue weighted by Gasteiger charge is 2.14. The quantitative estimate of drug-likeness (QED) is 0.736. The normalized spacial score (nSPS) is 10.3. The van der Waals surface area contributed by atoms with Gasteiger partial charge in [-0.2, -0.15) is 0 Å². The van der Waals surface area contributed by atoms with Gasteiger partial charge in [-0.05, 0) is 36.4 Å². The SMILES string of the molecule is O=C(COC(=O)c1ccc(Cl)cc1Cl)Nc1cc(Cl)ccc1Cl. The fourth-order valence-electron chi connectivity index (χ4n) is 1.64. The van der Waals surface area contributed by atoms with Crippen LogP contribution in [0.3, 0.4) is 0 Å². The van der Waals surface area contributed by atoms with Gasteiger partial charge in [0, 0.05) is 10.0 Å². The van der Waals surface area contributed by atoms with Crippen molar-refractivity contribution >= 4 is 64.0 Å². The second-order valence-electron chi connectivity index (χ2n) is 4.37. The first-order chi connectivity index (χ1) is 10.9. The average molecular weight is 393 g/mol. The van der Waals surface area contributed by atoms with Crippen LogP contribution >= 0.6 is 46.4 Å². The summed E-state index contributed by atoms with van der Waals surface area (Å²) in [7, 11) is 0. The molecule has 0 bridgehead atoms. The fourth-order valence-corrected chi connectivity index (χ4v) is 2.47. The van der Waals surface area contributed by atoms with E-state index in [1.165, 1.54) is 24.3 Å². The Morgan fingerprint density at radius 1 is 0.913 bits per heavy atom. The zero-order valence-electron chi connectivity index (χ0n) is 11.4. The molecule has 0 radical (unpaired) electrons. The maximum absolute atomic E-state index is 11.9. The van der Waals surface area contributed by atoms with E-state index in [0.29, 0.717) is 20.8 Å². The Balaban J connectivity index is 1.96. The van der Waals surface area contributed by atoms with Crippen molar-refractivity contribution in [3.05, 3.63) is 62.1 Å². The second-order valence-corrected chi connectivity index (χ2v) is 6.06. The third-order valence-electron chi connectivity index (χ3n) is 2.69. The Labute approximate surface area is 152 Å². The van der Waals surface area contributed by atoms with Crippen LogP contribution in [0, 0.1) is 0 Å². The summed E-state index contributed by atoms with van der Waals surface area (Å²) < 4.78 is 4.90. The molecule has 2 aromatic carbocycles. The van der Waals surface area contributed by atoms with Crippen molar-refractivity contribution in [3.63, 3.8) is 0 Å². The number of amides is 1. The van der Waals surface area contributed by atoms with Crippen molar-refractivity contribution in [1.82, 2.24) is 0 Å². The summed E-state index contributed by atoms with van der Waals surface area (Å²) in [6.45, 7) is -0.499. The van der Waals surface area contributed by atoms with E-state index in [2.05, 4.69) is 5.32 Å². The van der Waals surface area contributed by atoms with Crippen LogP contribution in [-0.2, 0) is 9.53 Å². The molecular weight excluding hydrogens is 384 g/mol. The van der Waals surface area contributed by atoms with Gasteiger partial charge in [0.1, 0.15) is 0 Å². The van der Waals surface area contributed by atoms with Crippen LogP contribution in [0.25, 0.3) is 0 Å². The number of anilines is 1. The number of carbonyl (C=O) groups excluding carboxylic acids is 2. The van der Waals surface area contributed by atoms with Crippen molar-refractivity contribution in [2.24, 2.45) is 0 Å². The first kappa shape index (κ1) is 17.9. The van der Waals surface area contributed by atoms with Crippen molar-refractivity contribution in [3.8, 4) is 0 Å². The van der Waals surface area contributed by atoms with Gasteiger partial charge in [-0.25, -0.2) is 4.79 Å². The molecule has 0 unspecified atom stereocenters. The lowest BCUT2D eigenvalue weighted by molar-refractivity contribution is -0.119. The molecule has 0 heterocycles. The van der Waals surface area contributed by atoms with Crippen molar-refractivity contribution in [2.75, 3.05) is 11.9 Å². The Bertz CT molecular complexity index is 764. The molecule has 0 fully saturated rings. The Hall–Kier alpha value is -1.46. The molecule has 0 saturated heterocycles. The number of carbonyl (C=O) groups is 2. The van der Waals surface area contributed by atoms with E-state index in [4.69, 9.17) is 51.1 Å². The van der Waals surface area contributed by atoms with Gasteiger partial charge in [0.05, 0.1) is 21.3 Å². The van der Waals surface area contributed by atoms with Crippen molar-refractivity contribution < 1.29 is 14.3 Å². The molecule has 2 rings (SSSR count). The maximum Gasteiger partial charge on any atom is 0.340 e. The first-order valence-electron chi connectivity index (χ1n) is 6.24. The predicted octanol–water partition coefficient (Wildman–Crippen LogP) is 5.10. The summed E-state index contributed by atoms with van der Waals surface area (Å²) in [5, 5.41) is 3.75. The molecule has 8 heteroatoms. The van der Waals surface area contributed by atoms with E-state index in [-0.39, 0.29) is 10.6 Å². The topological polar surface area (TPSA) is 55.4 Å². The van der Waals surface area contributed by atoms with Gasteiger partial charge in [0.2, 0.25) is 0 Å². The number of hydrogen-bond acceptors (Lipinski definition) is 3. The Morgan fingerprint density at radius 2 is 1.57 bits per heavy atom. The summed E-state index contributed by atoms with van der Waals surface area (Å²) in [6, 6.07) is 8.93. The predicted molar refractivity (Wildman–Crippen MR) is 91.8 cm³/mol. The summed E-state index contributed by atoms with van der Waals surface area (Å²) in [6.07, 6.45) is 0. The fraction of sp³-hybridized carbons (Fsp3) is 0.0667. The highest BCUT2D eigenvalue weighted by molar-refractivity contribution is 6.37. The second kappa shape index (κ2) is 7.88. The zero-order chi connectivity index (χ0) is 17.0. The molecule has 0 atom stereocenters. The number of ether oxygens (including phenoxy) is 1. The first-order valence-corrected chi connectivity index (χ1v) is 7.75. The zero-order valence-corrected chi connectivity index (χ0v) is 14.4. The van der Waals surface area contributed by atoms with Gasteiger partial charge in [-0.15, -0.1) is 0 Å². The smallest absolute Gasteiger partial charge is 0.340 e. The van der Waals surface area contributed by atoms with Gasteiger partial charge in [-0.3, -0.25) is 4.79 Å². The van der Waals surface area contributed by atoms with Crippen LogP contribution in [0.5, 0.6) is 0 Å². The van der Waals surface area contributed by atoms with E-state index in [0.717, 1.165) is 0 Å². The van der Waals surface area contributed by atoms with Gasteiger partial charge in [0.25, 0.3) is 5.91 Å². The van der Waals surface area contributed by atoms with Gasteiger partial charge in [-0.1, -0.05) is 46.4 Å². The van der Waals surface area contributed by atoms with E-state index in [9.17, 15) is 9.59 Å².